The highest BCUT2D eigenvalue weighted by Crippen LogP contribution is 2.53. The molecule has 7 nitrogen and oxygen atoms in total. The molecule has 7 heteroatoms. The van der Waals surface area contributed by atoms with E-state index in [0.717, 1.165) is 0 Å². The summed E-state index contributed by atoms with van der Waals surface area (Å²) in [5, 5.41) is 34.0. The molecular weight excluding hydrogens is 340 g/mol. The fourth-order valence-electron chi connectivity index (χ4n) is 3.07. The summed E-state index contributed by atoms with van der Waals surface area (Å²) in [5.41, 5.74) is -2.10. The third-order valence-corrected chi connectivity index (χ3v) is 6.52. The summed E-state index contributed by atoms with van der Waals surface area (Å²) in [7, 11) is 0. The molecule has 0 aliphatic carbocycles. The van der Waals surface area contributed by atoms with Gasteiger partial charge in [0.1, 0.15) is 11.2 Å². The Hall–Kier alpha value is -0.280. The molecular formula is C19H38O7. The second-order valence-corrected chi connectivity index (χ2v) is 8.99. The summed E-state index contributed by atoms with van der Waals surface area (Å²) in [4.78, 5) is 0. The topological polar surface area (TPSA) is 115 Å². The highest BCUT2D eigenvalue weighted by molar-refractivity contribution is 5.13. The second kappa shape index (κ2) is 7.62. The fraction of sp³-hybridized carbons (Fsp3) is 1.00. The number of hydrogen-bond donors (Lipinski definition) is 4. The van der Waals surface area contributed by atoms with Crippen LogP contribution in [0, 0.1) is 5.41 Å². The molecule has 2 fully saturated rings. The number of rotatable bonds is 8. The van der Waals surface area contributed by atoms with Crippen molar-refractivity contribution in [3.63, 3.8) is 0 Å². The van der Waals surface area contributed by atoms with Crippen LogP contribution in [-0.4, -0.2) is 81.5 Å². The van der Waals surface area contributed by atoms with Gasteiger partial charge in [0.05, 0.1) is 55.3 Å². The maximum Gasteiger partial charge on any atom is 0.120 e. The van der Waals surface area contributed by atoms with Gasteiger partial charge < -0.3 is 34.6 Å². The molecule has 0 amide bonds. The minimum absolute atomic E-state index is 0.182. The molecule has 4 atom stereocenters. The van der Waals surface area contributed by atoms with Crippen molar-refractivity contribution in [2.75, 3.05) is 26.4 Å². The highest BCUT2D eigenvalue weighted by Gasteiger charge is 2.66. The van der Waals surface area contributed by atoms with Gasteiger partial charge in [-0.2, -0.15) is 0 Å². The van der Waals surface area contributed by atoms with E-state index in [1.165, 1.54) is 0 Å². The maximum absolute atomic E-state index is 8.50. The molecule has 2 rings (SSSR count). The Labute approximate surface area is 157 Å². The van der Waals surface area contributed by atoms with Gasteiger partial charge in [0.25, 0.3) is 0 Å². The van der Waals surface area contributed by atoms with Gasteiger partial charge >= 0.3 is 0 Å². The number of epoxide rings is 2. The van der Waals surface area contributed by atoms with Gasteiger partial charge in [0, 0.05) is 0 Å². The molecule has 4 N–H and O–H groups in total. The minimum Gasteiger partial charge on any atom is -0.396 e. The van der Waals surface area contributed by atoms with E-state index in [-0.39, 0.29) is 34.6 Å². The van der Waals surface area contributed by atoms with Crippen molar-refractivity contribution in [3.05, 3.63) is 0 Å². The Morgan fingerprint density at radius 1 is 0.731 bits per heavy atom. The van der Waals surface area contributed by atoms with Crippen LogP contribution < -0.4 is 0 Å². The number of aliphatic hydroxyl groups excluding tert-OH is 4. The lowest BCUT2D eigenvalue weighted by molar-refractivity contribution is -0.177. The zero-order chi connectivity index (χ0) is 20.6. The third-order valence-electron chi connectivity index (χ3n) is 6.52. The molecule has 0 aromatic rings. The van der Waals surface area contributed by atoms with Crippen LogP contribution in [0.4, 0.5) is 0 Å². The summed E-state index contributed by atoms with van der Waals surface area (Å²) >= 11 is 0. The second-order valence-electron chi connectivity index (χ2n) is 8.99. The van der Waals surface area contributed by atoms with Crippen molar-refractivity contribution >= 4 is 0 Å². The van der Waals surface area contributed by atoms with E-state index in [1.54, 1.807) is 0 Å². The normalized spacial score (nSPS) is 34.2. The Bertz CT molecular complexity index is 425. The Morgan fingerprint density at radius 2 is 0.962 bits per heavy atom. The molecule has 0 spiro atoms. The molecule has 2 heterocycles. The highest BCUT2D eigenvalue weighted by atomic mass is 16.7. The predicted octanol–water partition coefficient (Wildman–Crippen LogP) is 0.857. The molecule has 26 heavy (non-hydrogen) atoms. The first-order valence-corrected chi connectivity index (χ1v) is 9.20. The third kappa shape index (κ3) is 4.24. The average molecular weight is 379 g/mol. The molecule has 0 aromatic carbocycles. The van der Waals surface area contributed by atoms with E-state index in [9.17, 15) is 0 Å². The van der Waals surface area contributed by atoms with Crippen LogP contribution in [0.5, 0.6) is 0 Å². The van der Waals surface area contributed by atoms with Crippen molar-refractivity contribution in [2.45, 2.75) is 90.0 Å². The van der Waals surface area contributed by atoms with Gasteiger partial charge in [0.2, 0.25) is 0 Å². The quantitative estimate of drug-likeness (QED) is 0.463. The van der Waals surface area contributed by atoms with Gasteiger partial charge in [-0.3, -0.25) is 0 Å². The first-order chi connectivity index (χ1) is 11.7. The van der Waals surface area contributed by atoms with Crippen molar-refractivity contribution in [3.8, 4) is 0 Å². The molecule has 0 aromatic heterocycles. The van der Waals surface area contributed by atoms with Gasteiger partial charge in [-0.15, -0.1) is 0 Å². The first kappa shape index (κ1) is 23.8. The molecule has 2 aliphatic rings. The van der Waals surface area contributed by atoms with Crippen LogP contribution in [0.25, 0.3) is 0 Å². The van der Waals surface area contributed by atoms with Crippen LogP contribution >= 0.6 is 0 Å². The zero-order valence-electron chi connectivity index (χ0n) is 17.5. The number of hydrogen-bond acceptors (Lipinski definition) is 7. The van der Waals surface area contributed by atoms with Crippen molar-refractivity contribution in [1.82, 2.24) is 0 Å². The summed E-state index contributed by atoms with van der Waals surface area (Å²) < 4.78 is 17.8. The number of ether oxygens (including phenoxy) is 3. The molecule has 2 aliphatic heterocycles. The van der Waals surface area contributed by atoms with Crippen molar-refractivity contribution in [2.24, 2.45) is 5.41 Å². The summed E-state index contributed by atoms with van der Waals surface area (Å²) in [6.45, 7) is 15.2. The lowest BCUT2D eigenvalue weighted by atomic mass is 9.85. The van der Waals surface area contributed by atoms with E-state index in [1.807, 2.05) is 0 Å². The summed E-state index contributed by atoms with van der Waals surface area (Å²) in [6.07, 6.45) is 0.525. The summed E-state index contributed by atoms with van der Waals surface area (Å²) in [6, 6.07) is 0. The van der Waals surface area contributed by atoms with Gasteiger partial charge in [-0.05, 0) is 55.4 Å². The van der Waals surface area contributed by atoms with Crippen molar-refractivity contribution < 1.29 is 34.6 Å². The summed E-state index contributed by atoms with van der Waals surface area (Å²) in [5.74, 6) is 0. The lowest BCUT2D eigenvalue weighted by Crippen LogP contribution is -2.53. The average Bonchev–Trinajstić information content (AvgIpc) is 3.39. The fourth-order valence-corrected chi connectivity index (χ4v) is 3.07. The number of aliphatic hydroxyl groups is 4. The van der Waals surface area contributed by atoms with Crippen LogP contribution in [0.3, 0.4) is 0 Å². The SMILES string of the molecule is CC1OC1(C)C(C)(C)OC(C)(C)C1(C)OC1C.OCC(CO)(CO)CO. The van der Waals surface area contributed by atoms with E-state index in [4.69, 9.17) is 34.6 Å². The first-order valence-electron chi connectivity index (χ1n) is 9.20. The van der Waals surface area contributed by atoms with Crippen LogP contribution in [0.2, 0.25) is 0 Å². The van der Waals surface area contributed by atoms with Crippen LogP contribution in [0.1, 0.15) is 55.4 Å². The van der Waals surface area contributed by atoms with E-state index >= 15 is 0 Å². The van der Waals surface area contributed by atoms with E-state index in [0.29, 0.717) is 0 Å². The molecule has 156 valence electrons. The molecule has 0 saturated carbocycles. The van der Waals surface area contributed by atoms with E-state index in [2.05, 4.69) is 55.4 Å². The maximum atomic E-state index is 8.50. The Morgan fingerprint density at radius 3 is 1.08 bits per heavy atom. The van der Waals surface area contributed by atoms with Gasteiger partial charge in [-0.1, -0.05) is 0 Å². The Balaban J connectivity index is 0.000000321. The molecule has 0 bridgehead atoms. The van der Waals surface area contributed by atoms with Crippen LogP contribution in [-0.2, 0) is 14.2 Å². The zero-order valence-corrected chi connectivity index (χ0v) is 17.5. The minimum atomic E-state index is -1.11. The largest absolute Gasteiger partial charge is 0.396 e. The Kier molecular flexibility index (Phi) is 6.96. The molecule has 0 radical (unpaired) electrons. The van der Waals surface area contributed by atoms with E-state index < -0.39 is 31.8 Å². The lowest BCUT2D eigenvalue weighted by Gasteiger charge is -2.41. The van der Waals surface area contributed by atoms with Crippen LogP contribution in [0.15, 0.2) is 0 Å². The monoisotopic (exact) mass is 378 g/mol. The van der Waals surface area contributed by atoms with Gasteiger partial charge in [0.15, 0.2) is 0 Å². The molecule has 4 unspecified atom stereocenters. The smallest absolute Gasteiger partial charge is 0.120 e. The van der Waals surface area contributed by atoms with Gasteiger partial charge in [-0.25, -0.2) is 0 Å². The van der Waals surface area contributed by atoms with Crippen molar-refractivity contribution in [1.29, 1.82) is 0 Å². The standard InChI is InChI=1S/C14H26O3.C5H12O4/c1-9-13(7,15-9)11(3,4)17-12(5,6)14(8)10(2)16-14;6-1-5(2-7,3-8)4-9/h9-10H,1-8H3;6-9H,1-4H2. The molecule has 2 saturated heterocycles. The predicted molar refractivity (Wildman–Crippen MR) is 97.9 cm³/mol.